The van der Waals surface area contributed by atoms with Crippen molar-refractivity contribution in [3.05, 3.63) is 18.0 Å². The monoisotopic (exact) mass is 316 g/mol. The zero-order valence-corrected chi connectivity index (χ0v) is 13.1. The number of thioether (sulfide) groups is 1. The first kappa shape index (κ1) is 15.7. The van der Waals surface area contributed by atoms with E-state index in [1.54, 1.807) is 0 Å². The summed E-state index contributed by atoms with van der Waals surface area (Å²) in [4.78, 5) is 14.2. The van der Waals surface area contributed by atoms with Crippen LogP contribution in [0.4, 0.5) is 0 Å². The molecule has 1 N–H and O–H groups in total. The molecule has 0 aliphatic carbocycles. The molecule has 2 saturated heterocycles. The minimum atomic E-state index is 0. The van der Waals surface area contributed by atoms with Crippen molar-refractivity contribution in [2.24, 2.45) is 0 Å². The van der Waals surface area contributed by atoms with Gasteiger partial charge in [0, 0.05) is 37.3 Å². The highest BCUT2D eigenvalue weighted by molar-refractivity contribution is 7.99. The number of aromatic nitrogens is 2. The van der Waals surface area contributed by atoms with Crippen molar-refractivity contribution < 1.29 is 4.79 Å². The third-order valence-electron chi connectivity index (χ3n) is 3.77. The Morgan fingerprint density at radius 3 is 2.90 bits per heavy atom. The van der Waals surface area contributed by atoms with Crippen LogP contribution in [0.5, 0.6) is 0 Å². The Morgan fingerprint density at radius 1 is 1.40 bits per heavy atom. The van der Waals surface area contributed by atoms with E-state index >= 15 is 0 Å². The molecule has 7 heteroatoms. The van der Waals surface area contributed by atoms with E-state index in [4.69, 9.17) is 0 Å². The van der Waals surface area contributed by atoms with Gasteiger partial charge in [0.15, 0.2) is 0 Å². The number of carbonyl (C=O) groups excluding carboxylic acids is 1. The maximum Gasteiger partial charge on any atom is 0.274 e. The lowest BCUT2D eigenvalue weighted by Gasteiger charge is -2.26. The van der Waals surface area contributed by atoms with Gasteiger partial charge in [-0.2, -0.15) is 16.9 Å². The van der Waals surface area contributed by atoms with Crippen molar-refractivity contribution >= 4 is 30.1 Å². The van der Waals surface area contributed by atoms with Gasteiger partial charge >= 0.3 is 0 Å². The second-order valence-electron chi connectivity index (χ2n) is 5.09. The molecule has 0 radical (unpaired) electrons. The minimum absolute atomic E-state index is 0. The van der Waals surface area contributed by atoms with Crippen LogP contribution < -0.4 is 5.32 Å². The number of nitrogens with zero attached hydrogens (tertiary/aromatic N) is 3. The van der Waals surface area contributed by atoms with E-state index < -0.39 is 0 Å². The summed E-state index contributed by atoms with van der Waals surface area (Å²) >= 11 is 1.91. The summed E-state index contributed by atoms with van der Waals surface area (Å²) in [6.07, 6.45) is 4.27. The lowest BCUT2D eigenvalue weighted by Crippen LogP contribution is -2.38. The predicted molar refractivity (Wildman–Crippen MR) is 83.8 cm³/mol. The molecule has 5 nitrogen and oxygen atoms in total. The Kier molecular flexibility index (Phi) is 5.74. The maximum absolute atomic E-state index is 12.3. The molecule has 0 spiro atoms. The van der Waals surface area contributed by atoms with Crippen LogP contribution in [-0.4, -0.2) is 58.3 Å². The van der Waals surface area contributed by atoms with Gasteiger partial charge in [0.25, 0.3) is 5.91 Å². The summed E-state index contributed by atoms with van der Waals surface area (Å²) < 4.78 is 1.96. The van der Waals surface area contributed by atoms with Gasteiger partial charge in [-0.3, -0.25) is 9.48 Å². The molecule has 1 atom stereocenters. The summed E-state index contributed by atoms with van der Waals surface area (Å²) in [5.74, 6) is 2.17. The molecule has 0 saturated carbocycles. The van der Waals surface area contributed by atoms with Crippen molar-refractivity contribution in [1.82, 2.24) is 20.0 Å². The quantitative estimate of drug-likeness (QED) is 0.896. The number of rotatable bonds is 2. The first-order valence-electron chi connectivity index (χ1n) is 6.97. The Balaban J connectivity index is 0.00000147. The Bertz CT molecular complexity index is 441. The number of nitrogens with one attached hydrogen (secondary N) is 1. The fourth-order valence-electron chi connectivity index (χ4n) is 2.64. The summed E-state index contributed by atoms with van der Waals surface area (Å²) in [7, 11) is 0. The minimum Gasteiger partial charge on any atom is -0.336 e. The molecule has 3 heterocycles. The highest BCUT2D eigenvalue weighted by atomic mass is 35.5. The maximum atomic E-state index is 12.3. The SMILES string of the molecule is Cl.O=C(c1ccn(C2CCCNC2)n1)N1CCSCC1. The summed E-state index contributed by atoms with van der Waals surface area (Å²) in [6.45, 7) is 3.74. The third kappa shape index (κ3) is 3.48. The normalized spacial score (nSPS) is 23.2. The van der Waals surface area contributed by atoms with Crippen LogP contribution in [0, 0.1) is 0 Å². The molecule has 0 aromatic carbocycles. The van der Waals surface area contributed by atoms with E-state index in [2.05, 4.69) is 10.4 Å². The molecule has 20 heavy (non-hydrogen) atoms. The first-order valence-corrected chi connectivity index (χ1v) is 8.13. The Hall–Kier alpha value is -0.720. The fraction of sp³-hybridized carbons (Fsp3) is 0.692. The third-order valence-corrected chi connectivity index (χ3v) is 4.71. The first-order chi connectivity index (χ1) is 9.34. The predicted octanol–water partition coefficient (Wildman–Crippen LogP) is 1.42. The Labute approximate surface area is 129 Å². The molecule has 3 rings (SSSR count). The standard InChI is InChI=1S/C13H20N4OS.ClH/c18-13(16-6-8-19-9-7-16)12-3-5-17(15-12)11-2-1-4-14-10-11;/h3,5,11,14H,1-2,4,6-10H2;1H. The van der Waals surface area contributed by atoms with E-state index in [0.29, 0.717) is 11.7 Å². The molecule has 1 aromatic rings. The smallest absolute Gasteiger partial charge is 0.274 e. The Morgan fingerprint density at radius 2 is 2.20 bits per heavy atom. The van der Waals surface area contributed by atoms with Crippen LogP contribution in [0.1, 0.15) is 29.4 Å². The van der Waals surface area contributed by atoms with Gasteiger partial charge in [-0.25, -0.2) is 0 Å². The van der Waals surface area contributed by atoms with E-state index in [0.717, 1.165) is 44.1 Å². The van der Waals surface area contributed by atoms with Crippen LogP contribution in [0.15, 0.2) is 12.3 Å². The van der Waals surface area contributed by atoms with Gasteiger partial charge in [0.2, 0.25) is 0 Å². The van der Waals surface area contributed by atoms with Crippen molar-refractivity contribution in [1.29, 1.82) is 0 Å². The number of hydrogen-bond donors (Lipinski definition) is 1. The molecule has 1 aromatic heterocycles. The molecule has 1 amide bonds. The highest BCUT2D eigenvalue weighted by Crippen LogP contribution is 2.17. The zero-order valence-electron chi connectivity index (χ0n) is 11.5. The highest BCUT2D eigenvalue weighted by Gasteiger charge is 2.22. The lowest BCUT2D eigenvalue weighted by molar-refractivity contribution is 0.0765. The average Bonchev–Trinajstić information content (AvgIpc) is 2.98. The van der Waals surface area contributed by atoms with Crippen LogP contribution in [0.2, 0.25) is 0 Å². The van der Waals surface area contributed by atoms with Gasteiger partial charge in [0.1, 0.15) is 5.69 Å². The lowest BCUT2D eigenvalue weighted by atomic mass is 10.1. The summed E-state index contributed by atoms with van der Waals surface area (Å²) in [5, 5.41) is 7.86. The molecule has 2 fully saturated rings. The number of carbonyl (C=O) groups is 1. The van der Waals surface area contributed by atoms with Crippen molar-refractivity contribution in [3.8, 4) is 0 Å². The molecule has 112 valence electrons. The van der Waals surface area contributed by atoms with Gasteiger partial charge in [-0.1, -0.05) is 0 Å². The van der Waals surface area contributed by atoms with Gasteiger partial charge in [-0.05, 0) is 25.5 Å². The molecular formula is C13H21ClN4OS. The molecular weight excluding hydrogens is 296 g/mol. The number of hydrogen-bond acceptors (Lipinski definition) is 4. The number of halogens is 1. The van der Waals surface area contributed by atoms with E-state index in [1.165, 1.54) is 6.42 Å². The molecule has 2 aliphatic rings. The summed E-state index contributed by atoms with van der Waals surface area (Å²) in [5.41, 5.74) is 0.595. The molecule has 2 aliphatic heterocycles. The van der Waals surface area contributed by atoms with E-state index in [9.17, 15) is 4.79 Å². The van der Waals surface area contributed by atoms with Crippen LogP contribution in [0.3, 0.4) is 0 Å². The second-order valence-corrected chi connectivity index (χ2v) is 6.31. The number of piperidine rings is 1. The van der Waals surface area contributed by atoms with E-state index in [1.807, 2.05) is 33.6 Å². The molecule has 0 bridgehead atoms. The second kappa shape index (κ2) is 7.33. The van der Waals surface area contributed by atoms with Crippen molar-refractivity contribution in [2.45, 2.75) is 18.9 Å². The fourth-order valence-corrected chi connectivity index (χ4v) is 3.55. The van der Waals surface area contributed by atoms with Gasteiger partial charge in [-0.15, -0.1) is 12.4 Å². The van der Waals surface area contributed by atoms with Crippen LogP contribution >= 0.6 is 24.2 Å². The van der Waals surface area contributed by atoms with Gasteiger partial charge < -0.3 is 10.2 Å². The van der Waals surface area contributed by atoms with Crippen LogP contribution in [0.25, 0.3) is 0 Å². The zero-order chi connectivity index (χ0) is 13.1. The van der Waals surface area contributed by atoms with Gasteiger partial charge in [0.05, 0.1) is 6.04 Å². The average molecular weight is 317 g/mol. The molecule has 1 unspecified atom stereocenters. The van der Waals surface area contributed by atoms with Crippen molar-refractivity contribution in [3.63, 3.8) is 0 Å². The number of amides is 1. The summed E-state index contributed by atoms with van der Waals surface area (Å²) in [6, 6.07) is 2.26. The van der Waals surface area contributed by atoms with Crippen molar-refractivity contribution in [2.75, 3.05) is 37.7 Å². The topological polar surface area (TPSA) is 50.2 Å². The largest absolute Gasteiger partial charge is 0.336 e. The van der Waals surface area contributed by atoms with E-state index in [-0.39, 0.29) is 18.3 Å². The van der Waals surface area contributed by atoms with Crippen LogP contribution in [-0.2, 0) is 0 Å².